The van der Waals surface area contributed by atoms with E-state index in [9.17, 15) is 18.0 Å². The second-order valence-electron chi connectivity index (χ2n) is 3.38. The van der Waals surface area contributed by atoms with Crippen LogP contribution in [0.15, 0.2) is 12.3 Å². The highest BCUT2D eigenvalue weighted by atomic mass is 19.3. The third-order valence-corrected chi connectivity index (χ3v) is 1.91. The van der Waals surface area contributed by atoms with Crippen LogP contribution >= 0.6 is 0 Å². The van der Waals surface area contributed by atoms with E-state index in [0.717, 1.165) is 12.3 Å². The van der Waals surface area contributed by atoms with Gasteiger partial charge in [0.15, 0.2) is 11.6 Å². The fourth-order valence-electron chi connectivity index (χ4n) is 1.11. The molecular weight excluding hydrogens is 207 g/mol. The van der Waals surface area contributed by atoms with Crippen molar-refractivity contribution in [2.45, 2.75) is 20.3 Å². The van der Waals surface area contributed by atoms with E-state index in [-0.39, 0.29) is 5.56 Å². The van der Waals surface area contributed by atoms with Crippen molar-refractivity contribution in [2.24, 2.45) is 5.92 Å². The number of halogens is 3. The zero-order chi connectivity index (χ0) is 11.6. The number of carbonyl (C=O) groups excluding carboxylic acids is 1. The van der Waals surface area contributed by atoms with Gasteiger partial charge < -0.3 is 0 Å². The number of pyridine rings is 1. The van der Waals surface area contributed by atoms with Crippen LogP contribution in [0.25, 0.3) is 0 Å². The molecule has 1 aromatic heterocycles. The lowest BCUT2D eigenvalue weighted by atomic mass is 10.0. The lowest BCUT2D eigenvalue weighted by Gasteiger charge is -2.07. The van der Waals surface area contributed by atoms with Gasteiger partial charge in [-0.25, -0.2) is 13.2 Å². The summed E-state index contributed by atoms with van der Waals surface area (Å²) in [4.78, 5) is 14.6. The average molecular weight is 217 g/mol. The minimum Gasteiger partial charge on any atom is -0.294 e. The molecule has 1 aromatic rings. The molecule has 0 aromatic carbocycles. The highest BCUT2D eigenvalue weighted by Gasteiger charge is 2.22. The Morgan fingerprint density at radius 2 is 2.00 bits per heavy atom. The fourth-order valence-corrected chi connectivity index (χ4v) is 1.11. The number of carbonyl (C=O) groups is 1. The SMILES string of the molecule is CC(C)C(=O)c1ccnc(C(F)F)c1F. The number of Topliss-reactive ketones (excluding diaryl/α,β-unsaturated/α-hetero) is 1. The van der Waals surface area contributed by atoms with E-state index in [2.05, 4.69) is 4.98 Å². The van der Waals surface area contributed by atoms with E-state index < -0.39 is 29.6 Å². The quantitative estimate of drug-likeness (QED) is 0.728. The molecule has 0 aliphatic rings. The second-order valence-corrected chi connectivity index (χ2v) is 3.38. The smallest absolute Gasteiger partial charge is 0.283 e. The number of rotatable bonds is 3. The number of ketones is 1. The van der Waals surface area contributed by atoms with Crippen molar-refractivity contribution in [3.8, 4) is 0 Å². The Morgan fingerprint density at radius 1 is 1.40 bits per heavy atom. The average Bonchev–Trinajstić information content (AvgIpc) is 2.16. The molecule has 5 heteroatoms. The Labute approximate surface area is 85.1 Å². The maximum Gasteiger partial charge on any atom is 0.283 e. The van der Waals surface area contributed by atoms with Gasteiger partial charge in [0.05, 0.1) is 5.56 Å². The minimum atomic E-state index is -3.01. The highest BCUT2D eigenvalue weighted by Crippen LogP contribution is 2.23. The van der Waals surface area contributed by atoms with E-state index >= 15 is 0 Å². The Balaban J connectivity index is 3.21. The molecule has 82 valence electrons. The van der Waals surface area contributed by atoms with Gasteiger partial charge in [0.25, 0.3) is 6.43 Å². The van der Waals surface area contributed by atoms with Crippen LogP contribution in [0.3, 0.4) is 0 Å². The van der Waals surface area contributed by atoms with Crippen LogP contribution < -0.4 is 0 Å². The molecular formula is C10H10F3NO. The van der Waals surface area contributed by atoms with Crippen LogP contribution in [-0.4, -0.2) is 10.8 Å². The first-order valence-electron chi connectivity index (χ1n) is 4.42. The number of hydrogen-bond donors (Lipinski definition) is 0. The third-order valence-electron chi connectivity index (χ3n) is 1.91. The summed E-state index contributed by atoms with van der Waals surface area (Å²) in [5.41, 5.74) is -1.29. The van der Waals surface area contributed by atoms with E-state index in [4.69, 9.17) is 0 Å². The molecule has 0 N–H and O–H groups in total. The summed E-state index contributed by atoms with van der Waals surface area (Å²) < 4.78 is 37.9. The van der Waals surface area contributed by atoms with Gasteiger partial charge in [-0.2, -0.15) is 0 Å². The van der Waals surface area contributed by atoms with Crippen molar-refractivity contribution in [2.75, 3.05) is 0 Å². The fraction of sp³-hybridized carbons (Fsp3) is 0.400. The van der Waals surface area contributed by atoms with Crippen LogP contribution in [0.1, 0.15) is 36.3 Å². The molecule has 1 rings (SSSR count). The van der Waals surface area contributed by atoms with Crippen LogP contribution in [0, 0.1) is 11.7 Å². The van der Waals surface area contributed by atoms with Crippen molar-refractivity contribution in [1.29, 1.82) is 0 Å². The topological polar surface area (TPSA) is 30.0 Å². The minimum absolute atomic E-state index is 0.324. The monoisotopic (exact) mass is 217 g/mol. The van der Waals surface area contributed by atoms with Gasteiger partial charge in [-0.05, 0) is 6.07 Å². The van der Waals surface area contributed by atoms with Gasteiger partial charge in [0.2, 0.25) is 0 Å². The Kier molecular flexibility index (Phi) is 3.44. The molecule has 0 aliphatic carbocycles. The lowest BCUT2D eigenvalue weighted by molar-refractivity contribution is 0.0932. The molecule has 0 radical (unpaired) electrons. The molecule has 0 bridgehead atoms. The number of alkyl halides is 2. The summed E-state index contributed by atoms with van der Waals surface area (Å²) >= 11 is 0. The van der Waals surface area contributed by atoms with Gasteiger partial charge >= 0.3 is 0 Å². The predicted octanol–water partition coefficient (Wildman–Crippen LogP) is 3.00. The number of nitrogens with zero attached hydrogens (tertiary/aromatic N) is 1. The van der Waals surface area contributed by atoms with E-state index in [0.29, 0.717) is 0 Å². The second kappa shape index (κ2) is 4.42. The zero-order valence-electron chi connectivity index (χ0n) is 8.30. The van der Waals surface area contributed by atoms with Crippen LogP contribution in [0.4, 0.5) is 13.2 Å². The zero-order valence-corrected chi connectivity index (χ0v) is 8.30. The summed E-state index contributed by atoms with van der Waals surface area (Å²) in [6.45, 7) is 3.15. The first-order chi connectivity index (χ1) is 6.95. The standard InChI is InChI=1S/C10H10F3NO/c1-5(2)9(15)6-3-4-14-8(7(6)11)10(12)13/h3-5,10H,1-2H3. The predicted molar refractivity (Wildman–Crippen MR) is 48.3 cm³/mol. The van der Waals surface area contributed by atoms with E-state index in [1.54, 1.807) is 13.8 Å². The molecule has 0 atom stereocenters. The number of aromatic nitrogens is 1. The lowest BCUT2D eigenvalue weighted by Crippen LogP contribution is -2.12. The summed E-state index contributed by atoms with van der Waals surface area (Å²) in [6.07, 6.45) is -2.00. The largest absolute Gasteiger partial charge is 0.294 e. The van der Waals surface area contributed by atoms with Crippen molar-refractivity contribution in [1.82, 2.24) is 4.98 Å². The summed E-state index contributed by atoms with van der Waals surface area (Å²) in [7, 11) is 0. The van der Waals surface area contributed by atoms with Gasteiger partial charge in [0, 0.05) is 12.1 Å². The summed E-state index contributed by atoms with van der Waals surface area (Å²) in [6, 6.07) is 1.11. The van der Waals surface area contributed by atoms with Crippen LogP contribution in [0.5, 0.6) is 0 Å². The number of hydrogen-bond acceptors (Lipinski definition) is 2. The van der Waals surface area contributed by atoms with E-state index in [1.807, 2.05) is 0 Å². The van der Waals surface area contributed by atoms with Crippen molar-refractivity contribution in [3.63, 3.8) is 0 Å². The first-order valence-corrected chi connectivity index (χ1v) is 4.42. The maximum atomic E-state index is 13.4. The molecule has 0 saturated carbocycles. The molecule has 0 aliphatic heterocycles. The Bertz CT molecular complexity index is 377. The van der Waals surface area contributed by atoms with Gasteiger partial charge in [-0.3, -0.25) is 9.78 Å². The van der Waals surface area contributed by atoms with Crippen molar-refractivity contribution >= 4 is 5.78 Å². The van der Waals surface area contributed by atoms with Crippen molar-refractivity contribution < 1.29 is 18.0 Å². The van der Waals surface area contributed by atoms with Crippen LogP contribution in [0.2, 0.25) is 0 Å². The maximum absolute atomic E-state index is 13.4. The molecule has 0 unspecified atom stereocenters. The van der Waals surface area contributed by atoms with Crippen molar-refractivity contribution in [3.05, 3.63) is 29.3 Å². The molecule has 15 heavy (non-hydrogen) atoms. The van der Waals surface area contributed by atoms with E-state index in [1.165, 1.54) is 0 Å². The van der Waals surface area contributed by atoms with Gasteiger partial charge in [-0.15, -0.1) is 0 Å². The van der Waals surface area contributed by atoms with Gasteiger partial charge in [0.1, 0.15) is 5.69 Å². The molecule has 0 spiro atoms. The summed E-state index contributed by atoms with van der Waals surface area (Å²) in [5, 5.41) is 0. The molecule has 0 saturated heterocycles. The molecule has 0 amide bonds. The third kappa shape index (κ3) is 2.34. The molecule has 0 fully saturated rings. The van der Waals surface area contributed by atoms with Gasteiger partial charge in [-0.1, -0.05) is 13.8 Å². The highest BCUT2D eigenvalue weighted by molar-refractivity contribution is 5.97. The summed E-state index contributed by atoms with van der Waals surface area (Å²) in [5.74, 6) is -2.16. The Morgan fingerprint density at radius 3 is 2.47 bits per heavy atom. The Hall–Kier alpha value is -1.39. The molecule has 1 heterocycles. The normalized spacial score (nSPS) is 11.1. The first kappa shape index (κ1) is 11.7. The molecule has 2 nitrogen and oxygen atoms in total. The van der Waals surface area contributed by atoms with Crippen LogP contribution in [-0.2, 0) is 0 Å².